The Labute approximate surface area is 76.8 Å². The van der Waals surface area contributed by atoms with Crippen molar-refractivity contribution in [1.82, 2.24) is 9.55 Å². The summed E-state index contributed by atoms with van der Waals surface area (Å²) in [4.78, 5) is 14.1. The molecule has 68 valence electrons. The molecule has 1 heterocycles. The highest BCUT2D eigenvalue weighted by Gasteiger charge is 1.95. The van der Waals surface area contributed by atoms with Crippen LogP contribution in [0.15, 0.2) is 12.5 Å². The molecule has 0 aliphatic carbocycles. The molecule has 4 heteroatoms. The summed E-state index contributed by atoms with van der Waals surface area (Å²) in [5, 5.41) is 8.29. The number of nitriles is 1. The number of imidazole rings is 1. The first-order valence-corrected chi connectivity index (χ1v) is 4.20. The highest BCUT2D eigenvalue weighted by atomic mass is 16.1. The molecule has 0 spiro atoms. The molecular weight excluding hydrogens is 166 g/mol. The Balaban J connectivity index is 2.29. The standard InChI is InChI=1S/C9H11N3O/c10-4-2-1-3-5-12-6-9(7-13)11-8-12/h6-8H,1-3,5H2. The van der Waals surface area contributed by atoms with Gasteiger partial charge in [0.05, 0.1) is 12.4 Å². The average Bonchev–Trinajstić information content (AvgIpc) is 2.60. The SMILES string of the molecule is N#CCCCCn1cnc(C=O)c1. The number of hydrogen-bond acceptors (Lipinski definition) is 3. The van der Waals surface area contributed by atoms with Crippen LogP contribution in [0, 0.1) is 11.3 Å². The van der Waals surface area contributed by atoms with E-state index in [9.17, 15) is 4.79 Å². The zero-order valence-electron chi connectivity index (χ0n) is 7.31. The Morgan fingerprint density at radius 1 is 1.62 bits per heavy atom. The number of nitrogens with zero attached hydrogens (tertiary/aromatic N) is 3. The van der Waals surface area contributed by atoms with Crippen LogP contribution < -0.4 is 0 Å². The average molecular weight is 177 g/mol. The van der Waals surface area contributed by atoms with Gasteiger partial charge < -0.3 is 4.57 Å². The smallest absolute Gasteiger partial charge is 0.169 e. The van der Waals surface area contributed by atoms with Gasteiger partial charge in [-0.05, 0) is 12.8 Å². The maximum absolute atomic E-state index is 10.3. The van der Waals surface area contributed by atoms with Crippen LogP contribution in [0.25, 0.3) is 0 Å². The predicted octanol–water partition coefficient (Wildman–Crippen LogP) is 1.39. The molecule has 0 saturated heterocycles. The van der Waals surface area contributed by atoms with E-state index in [-0.39, 0.29) is 0 Å². The first-order chi connectivity index (χ1) is 6.36. The maximum Gasteiger partial charge on any atom is 0.169 e. The van der Waals surface area contributed by atoms with Gasteiger partial charge in [-0.3, -0.25) is 4.79 Å². The van der Waals surface area contributed by atoms with Crippen LogP contribution >= 0.6 is 0 Å². The summed E-state index contributed by atoms with van der Waals surface area (Å²) in [5.74, 6) is 0. The van der Waals surface area contributed by atoms with Crippen molar-refractivity contribution >= 4 is 6.29 Å². The second kappa shape index (κ2) is 5.09. The highest BCUT2D eigenvalue weighted by Crippen LogP contribution is 1.99. The summed E-state index contributed by atoms with van der Waals surface area (Å²) in [7, 11) is 0. The van der Waals surface area contributed by atoms with Crippen LogP contribution in [0.2, 0.25) is 0 Å². The summed E-state index contributed by atoms with van der Waals surface area (Å²) in [6.07, 6.45) is 6.50. The summed E-state index contributed by atoms with van der Waals surface area (Å²) in [6.45, 7) is 0.822. The van der Waals surface area contributed by atoms with Crippen LogP contribution in [-0.2, 0) is 6.54 Å². The van der Waals surface area contributed by atoms with Crippen molar-refractivity contribution in [3.05, 3.63) is 18.2 Å². The van der Waals surface area contributed by atoms with Gasteiger partial charge in [0.15, 0.2) is 6.29 Å². The highest BCUT2D eigenvalue weighted by molar-refractivity contribution is 5.70. The predicted molar refractivity (Wildman–Crippen MR) is 47.1 cm³/mol. The molecule has 1 rings (SSSR count). The van der Waals surface area contributed by atoms with Crippen LogP contribution in [0.5, 0.6) is 0 Å². The summed E-state index contributed by atoms with van der Waals surface area (Å²) >= 11 is 0. The van der Waals surface area contributed by atoms with Crippen molar-refractivity contribution in [1.29, 1.82) is 5.26 Å². The van der Waals surface area contributed by atoms with Crippen molar-refractivity contribution in [2.75, 3.05) is 0 Å². The van der Waals surface area contributed by atoms with E-state index in [1.807, 2.05) is 4.57 Å². The van der Waals surface area contributed by atoms with Crippen molar-refractivity contribution in [2.24, 2.45) is 0 Å². The van der Waals surface area contributed by atoms with Gasteiger partial charge in [-0.2, -0.15) is 5.26 Å². The number of aldehydes is 1. The first-order valence-electron chi connectivity index (χ1n) is 4.20. The van der Waals surface area contributed by atoms with Gasteiger partial charge in [0.1, 0.15) is 5.69 Å². The number of hydrogen-bond donors (Lipinski definition) is 0. The number of carbonyl (C=O) groups excluding carboxylic acids is 1. The third kappa shape index (κ3) is 3.08. The van der Waals surface area contributed by atoms with Crippen molar-refractivity contribution < 1.29 is 4.79 Å². The molecule has 0 unspecified atom stereocenters. The summed E-state index contributed by atoms with van der Waals surface area (Å²) in [6, 6.07) is 2.09. The second-order valence-corrected chi connectivity index (χ2v) is 2.77. The van der Waals surface area contributed by atoms with Crippen molar-refractivity contribution in [3.8, 4) is 6.07 Å². The maximum atomic E-state index is 10.3. The minimum absolute atomic E-state index is 0.459. The molecule has 0 aliphatic heterocycles. The van der Waals surface area contributed by atoms with Gasteiger partial charge >= 0.3 is 0 Å². The lowest BCUT2D eigenvalue weighted by molar-refractivity contribution is 0.111. The molecule has 0 saturated carbocycles. The minimum atomic E-state index is 0.459. The van der Waals surface area contributed by atoms with E-state index >= 15 is 0 Å². The number of carbonyl (C=O) groups is 1. The first kappa shape index (κ1) is 9.46. The van der Waals surface area contributed by atoms with E-state index < -0.39 is 0 Å². The molecule has 0 aromatic carbocycles. The second-order valence-electron chi connectivity index (χ2n) is 2.77. The van der Waals surface area contributed by atoms with Crippen molar-refractivity contribution in [3.63, 3.8) is 0 Å². The molecule has 0 radical (unpaired) electrons. The fraction of sp³-hybridized carbons (Fsp3) is 0.444. The minimum Gasteiger partial charge on any atom is -0.337 e. The molecule has 13 heavy (non-hydrogen) atoms. The van der Waals surface area contributed by atoms with E-state index in [0.717, 1.165) is 25.7 Å². The molecule has 1 aromatic heterocycles. The van der Waals surface area contributed by atoms with Gasteiger partial charge in [0.25, 0.3) is 0 Å². The van der Waals surface area contributed by atoms with E-state index in [2.05, 4.69) is 11.1 Å². The third-order valence-corrected chi connectivity index (χ3v) is 1.73. The monoisotopic (exact) mass is 177 g/mol. The normalized spacial score (nSPS) is 9.46. The van der Waals surface area contributed by atoms with E-state index in [0.29, 0.717) is 12.1 Å². The molecule has 0 aliphatic rings. The lowest BCUT2D eigenvalue weighted by Gasteiger charge is -1.98. The number of aromatic nitrogens is 2. The number of aryl methyl sites for hydroxylation is 1. The third-order valence-electron chi connectivity index (χ3n) is 1.73. The van der Waals surface area contributed by atoms with Gasteiger partial charge in [0, 0.05) is 19.2 Å². The van der Waals surface area contributed by atoms with Crippen molar-refractivity contribution in [2.45, 2.75) is 25.8 Å². The fourth-order valence-electron chi connectivity index (χ4n) is 1.06. The van der Waals surface area contributed by atoms with Gasteiger partial charge in [-0.15, -0.1) is 0 Å². The van der Waals surface area contributed by atoms with E-state index in [1.165, 1.54) is 0 Å². The fourth-order valence-corrected chi connectivity index (χ4v) is 1.06. The molecule has 0 amide bonds. The Kier molecular flexibility index (Phi) is 3.71. The van der Waals surface area contributed by atoms with E-state index in [1.54, 1.807) is 12.5 Å². The zero-order valence-corrected chi connectivity index (χ0v) is 7.31. The number of rotatable bonds is 5. The van der Waals surface area contributed by atoms with E-state index in [4.69, 9.17) is 5.26 Å². The van der Waals surface area contributed by atoms with Crippen LogP contribution in [0.4, 0.5) is 0 Å². The topological polar surface area (TPSA) is 58.7 Å². The number of unbranched alkanes of at least 4 members (excludes halogenated alkanes) is 2. The van der Waals surface area contributed by atoms with Crippen LogP contribution in [0.3, 0.4) is 0 Å². The lowest BCUT2D eigenvalue weighted by atomic mass is 10.2. The molecule has 0 fully saturated rings. The van der Waals surface area contributed by atoms with Gasteiger partial charge in [-0.1, -0.05) is 0 Å². The molecule has 0 atom stereocenters. The zero-order chi connectivity index (χ0) is 9.52. The Hall–Kier alpha value is -1.63. The van der Waals surface area contributed by atoms with Gasteiger partial charge in [0.2, 0.25) is 0 Å². The van der Waals surface area contributed by atoms with Crippen LogP contribution in [0.1, 0.15) is 29.8 Å². The quantitative estimate of drug-likeness (QED) is 0.504. The molecule has 0 N–H and O–H groups in total. The van der Waals surface area contributed by atoms with Crippen LogP contribution in [-0.4, -0.2) is 15.8 Å². The Morgan fingerprint density at radius 3 is 3.08 bits per heavy atom. The molecule has 0 bridgehead atoms. The summed E-state index contributed by atoms with van der Waals surface area (Å²) < 4.78 is 1.86. The molecule has 4 nitrogen and oxygen atoms in total. The van der Waals surface area contributed by atoms with Gasteiger partial charge in [-0.25, -0.2) is 4.98 Å². The lowest BCUT2D eigenvalue weighted by Crippen LogP contribution is -1.93. The Morgan fingerprint density at radius 2 is 2.46 bits per heavy atom. The molecular formula is C9H11N3O. The largest absolute Gasteiger partial charge is 0.337 e. The summed E-state index contributed by atoms with van der Waals surface area (Å²) in [5.41, 5.74) is 0.459. The Bertz CT molecular complexity index is 311. The molecule has 1 aromatic rings.